The normalized spacial score (nSPS) is 10.6. The molecule has 2 aromatic heterocycles. The Labute approximate surface area is 103 Å². The predicted molar refractivity (Wildman–Crippen MR) is 63.4 cm³/mol. The van der Waals surface area contributed by atoms with Crippen molar-refractivity contribution in [2.45, 2.75) is 20.1 Å². The third-order valence-corrected chi connectivity index (χ3v) is 2.52. The molecule has 0 aliphatic carbocycles. The molecule has 2 aromatic rings. The van der Waals surface area contributed by atoms with E-state index in [0.717, 1.165) is 5.82 Å². The van der Waals surface area contributed by atoms with Crippen LogP contribution in [0.4, 0.5) is 0 Å². The van der Waals surface area contributed by atoms with Crippen LogP contribution in [0.3, 0.4) is 0 Å². The highest BCUT2D eigenvalue weighted by Gasteiger charge is 2.04. The van der Waals surface area contributed by atoms with Gasteiger partial charge in [-0.2, -0.15) is 0 Å². The number of nitrogens with zero attached hydrogens (tertiary/aromatic N) is 2. The predicted octanol–water partition coefficient (Wildman–Crippen LogP) is 0.716. The Kier molecular flexibility index (Phi) is 3.78. The second kappa shape index (κ2) is 5.50. The summed E-state index contributed by atoms with van der Waals surface area (Å²) in [5, 5.41) is 8.80. The number of aryl methyl sites for hydroxylation is 1. The van der Waals surface area contributed by atoms with Crippen molar-refractivity contribution in [1.82, 2.24) is 9.55 Å². The molecule has 0 aliphatic heterocycles. The minimum atomic E-state index is -0.302. The monoisotopic (exact) mass is 250 g/mol. The van der Waals surface area contributed by atoms with E-state index < -0.39 is 0 Å². The van der Waals surface area contributed by atoms with Crippen molar-refractivity contribution in [2.75, 3.05) is 6.61 Å². The van der Waals surface area contributed by atoms with Crippen LogP contribution in [-0.4, -0.2) is 21.3 Å². The second-order valence-corrected chi connectivity index (χ2v) is 3.75. The third kappa shape index (κ3) is 2.78. The van der Waals surface area contributed by atoms with E-state index in [2.05, 4.69) is 4.98 Å². The first-order valence-corrected chi connectivity index (χ1v) is 5.54. The molecule has 2 rings (SSSR count). The van der Waals surface area contributed by atoms with Crippen LogP contribution in [0.15, 0.2) is 33.9 Å². The molecule has 96 valence electrons. The van der Waals surface area contributed by atoms with Crippen LogP contribution in [-0.2, 0) is 13.2 Å². The van der Waals surface area contributed by atoms with E-state index in [0.29, 0.717) is 13.2 Å². The minimum absolute atomic E-state index is 0.143. The summed E-state index contributed by atoms with van der Waals surface area (Å²) in [6.45, 7) is 2.54. The molecule has 0 spiro atoms. The topological polar surface area (TPSA) is 77.5 Å². The zero-order valence-electron chi connectivity index (χ0n) is 10.00. The summed E-state index contributed by atoms with van der Waals surface area (Å²) in [6.07, 6.45) is 4.77. The summed E-state index contributed by atoms with van der Waals surface area (Å²) >= 11 is 0. The Hall–Kier alpha value is -2.08. The largest absolute Gasteiger partial charge is 0.485 e. The van der Waals surface area contributed by atoms with Crippen molar-refractivity contribution < 1.29 is 14.3 Å². The van der Waals surface area contributed by atoms with Crippen LogP contribution in [0.25, 0.3) is 0 Å². The summed E-state index contributed by atoms with van der Waals surface area (Å²) < 4.78 is 12.3. The van der Waals surface area contributed by atoms with E-state index in [-0.39, 0.29) is 23.5 Å². The molecular formula is C12H14N2O4. The lowest BCUT2D eigenvalue weighted by Crippen LogP contribution is -2.13. The highest BCUT2D eigenvalue weighted by Crippen LogP contribution is 2.06. The van der Waals surface area contributed by atoms with Crippen molar-refractivity contribution >= 4 is 0 Å². The molecule has 0 saturated carbocycles. The summed E-state index contributed by atoms with van der Waals surface area (Å²) in [6, 6.07) is 1.22. The summed E-state index contributed by atoms with van der Waals surface area (Å²) in [4.78, 5) is 15.6. The van der Waals surface area contributed by atoms with Crippen LogP contribution in [0.2, 0.25) is 0 Å². The molecule has 0 radical (unpaired) electrons. The Morgan fingerprint density at radius 2 is 2.39 bits per heavy atom. The van der Waals surface area contributed by atoms with Gasteiger partial charge in [0.1, 0.15) is 31.1 Å². The Morgan fingerprint density at radius 1 is 1.56 bits per heavy atom. The molecule has 6 nitrogen and oxygen atoms in total. The van der Waals surface area contributed by atoms with Gasteiger partial charge in [-0.25, -0.2) is 4.98 Å². The molecule has 6 heteroatoms. The molecule has 18 heavy (non-hydrogen) atoms. The maximum absolute atomic E-state index is 11.5. The van der Waals surface area contributed by atoms with E-state index in [1.807, 2.05) is 17.7 Å². The lowest BCUT2D eigenvalue weighted by atomic mass is 10.4. The summed E-state index contributed by atoms with van der Waals surface area (Å²) in [7, 11) is 0. The van der Waals surface area contributed by atoms with Crippen LogP contribution in [0.5, 0.6) is 5.75 Å². The van der Waals surface area contributed by atoms with E-state index in [1.165, 1.54) is 12.3 Å². The lowest BCUT2D eigenvalue weighted by molar-refractivity contribution is 0.235. The van der Waals surface area contributed by atoms with Crippen molar-refractivity contribution in [1.29, 1.82) is 0 Å². The molecule has 0 fully saturated rings. The molecule has 0 aliphatic rings. The number of hydrogen-bond acceptors (Lipinski definition) is 5. The van der Waals surface area contributed by atoms with E-state index in [9.17, 15) is 4.79 Å². The van der Waals surface area contributed by atoms with Crippen LogP contribution in [0, 0.1) is 6.92 Å². The second-order valence-electron chi connectivity index (χ2n) is 3.75. The molecule has 0 amide bonds. The zero-order chi connectivity index (χ0) is 13.0. The van der Waals surface area contributed by atoms with Gasteiger partial charge in [-0.05, 0) is 6.92 Å². The molecule has 0 saturated heterocycles. The van der Waals surface area contributed by atoms with Crippen molar-refractivity contribution in [2.24, 2.45) is 0 Å². The first kappa shape index (κ1) is 12.4. The molecular weight excluding hydrogens is 236 g/mol. The Bertz CT molecular complexity index is 573. The van der Waals surface area contributed by atoms with Gasteiger partial charge in [0.05, 0.1) is 6.54 Å². The smallest absolute Gasteiger partial charge is 0.227 e. The highest BCUT2D eigenvalue weighted by atomic mass is 16.5. The molecule has 0 atom stereocenters. The van der Waals surface area contributed by atoms with Gasteiger partial charge in [-0.1, -0.05) is 0 Å². The van der Waals surface area contributed by atoms with Crippen molar-refractivity contribution in [3.05, 3.63) is 46.5 Å². The molecule has 0 bridgehead atoms. The molecule has 0 aromatic carbocycles. The van der Waals surface area contributed by atoms with Gasteiger partial charge < -0.3 is 18.8 Å². The number of ether oxygens (including phenoxy) is 1. The standard InChI is InChI=1S/C12H14N2O4/c1-9-13-2-3-14(9)4-5-17-12-8-18-10(7-15)6-11(12)16/h2-3,6,8,15H,4-5,7H2,1H3. The zero-order valence-corrected chi connectivity index (χ0v) is 10.00. The number of hydrogen-bond donors (Lipinski definition) is 1. The number of rotatable bonds is 5. The maximum atomic E-state index is 11.5. The summed E-state index contributed by atoms with van der Waals surface area (Å²) in [5.74, 6) is 1.25. The van der Waals surface area contributed by atoms with E-state index >= 15 is 0 Å². The first-order valence-electron chi connectivity index (χ1n) is 5.54. The fourth-order valence-electron chi connectivity index (χ4n) is 1.52. The van der Waals surface area contributed by atoms with Gasteiger partial charge in [0, 0.05) is 18.5 Å². The Balaban J connectivity index is 1.95. The maximum Gasteiger partial charge on any atom is 0.227 e. The van der Waals surface area contributed by atoms with Gasteiger partial charge in [0.15, 0.2) is 0 Å². The average Bonchev–Trinajstić information content (AvgIpc) is 2.77. The number of aromatic nitrogens is 2. The van der Waals surface area contributed by atoms with Crippen molar-refractivity contribution in [3.8, 4) is 5.75 Å². The van der Waals surface area contributed by atoms with Gasteiger partial charge in [0.25, 0.3) is 0 Å². The molecule has 1 N–H and O–H groups in total. The fraction of sp³-hybridized carbons (Fsp3) is 0.333. The Morgan fingerprint density at radius 3 is 3.00 bits per heavy atom. The quantitative estimate of drug-likeness (QED) is 0.845. The number of aliphatic hydroxyl groups is 1. The van der Waals surface area contributed by atoms with Gasteiger partial charge >= 0.3 is 0 Å². The van der Waals surface area contributed by atoms with E-state index in [4.69, 9.17) is 14.3 Å². The summed E-state index contributed by atoms with van der Waals surface area (Å²) in [5.41, 5.74) is -0.298. The van der Waals surface area contributed by atoms with Crippen molar-refractivity contribution in [3.63, 3.8) is 0 Å². The molecule has 2 heterocycles. The van der Waals surface area contributed by atoms with Crippen LogP contribution >= 0.6 is 0 Å². The van der Waals surface area contributed by atoms with Crippen LogP contribution in [0.1, 0.15) is 11.6 Å². The van der Waals surface area contributed by atoms with E-state index in [1.54, 1.807) is 6.20 Å². The number of imidazole rings is 1. The lowest BCUT2D eigenvalue weighted by Gasteiger charge is -2.07. The van der Waals surface area contributed by atoms with Gasteiger partial charge in [-0.3, -0.25) is 4.79 Å². The average molecular weight is 250 g/mol. The third-order valence-electron chi connectivity index (χ3n) is 2.52. The minimum Gasteiger partial charge on any atom is -0.485 e. The fourth-order valence-corrected chi connectivity index (χ4v) is 1.52. The van der Waals surface area contributed by atoms with Crippen LogP contribution < -0.4 is 10.2 Å². The molecule has 0 unspecified atom stereocenters. The SMILES string of the molecule is Cc1nccn1CCOc1coc(CO)cc1=O. The van der Waals surface area contributed by atoms with Gasteiger partial charge in [0.2, 0.25) is 11.2 Å². The highest BCUT2D eigenvalue weighted by molar-refractivity contribution is 5.17. The van der Waals surface area contributed by atoms with Gasteiger partial charge in [-0.15, -0.1) is 0 Å². The first-order chi connectivity index (χ1) is 8.70. The number of aliphatic hydroxyl groups excluding tert-OH is 1.